The van der Waals surface area contributed by atoms with Crippen LogP contribution in [0, 0.1) is 13.8 Å². The highest BCUT2D eigenvalue weighted by Crippen LogP contribution is 2.35. The number of barbiturate groups is 1. The van der Waals surface area contributed by atoms with Crippen LogP contribution in [0.1, 0.15) is 16.7 Å². The van der Waals surface area contributed by atoms with Crippen molar-refractivity contribution in [3.8, 4) is 5.75 Å². The van der Waals surface area contributed by atoms with Crippen LogP contribution in [-0.2, 0) is 14.4 Å². The van der Waals surface area contributed by atoms with Gasteiger partial charge in [-0.25, -0.2) is 9.69 Å². The zero-order valence-corrected chi connectivity index (χ0v) is 23.4. The first-order chi connectivity index (χ1) is 18.4. The number of urea groups is 1. The maximum atomic E-state index is 13.1. The number of aryl methyl sites for hydroxylation is 2. The standard InChI is InChI=1S/C27H19Cl4N3O5/c1-13-3-5-16(10-19(13)28)32-23(35)12-39-24-21(30)8-15(9-22(24)31)7-18-25(36)33-27(38)34(26(18)37)17-6-4-14(2)20(29)11-17/h3-11H,12H2,1-2H3,(H,32,35)(H,33,36,38)/b18-7+. The maximum Gasteiger partial charge on any atom is 0.335 e. The van der Waals surface area contributed by atoms with Gasteiger partial charge in [-0.3, -0.25) is 19.7 Å². The second kappa shape index (κ2) is 11.7. The Labute approximate surface area is 243 Å². The normalized spacial score (nSPS) is 14.5. The van der Waals surface area contributed by atoms with Crippen LogP contribution in [-0.4, -0.2) is 30.4 Å². The summed E-state index contributed by atoms with van der Waals surface area (Å²) in [6.45, 7) is 3.21. The molecule has 0 unspecified atom stereocenters. The van der Waals surface area contributed by atoms with Crippen molar-refractivity contribution in [3.63, 3.8) is 0 Å². The fraction of sp³-hybridized carbons (Fsp3) is 0.111. The Morgan fingerprint density at radius 1 is 0.897 bits per heavy atom. The van der Waals surface area contributed by atoms with E-state index < -0.39 is 30.4 Å². The Morgan fingerprint density at radius 2 is 1.51 bits per heavy atom. The van der Waals surface area contributed by atoms with Crippen LogP contribution < -0.4 is 20.3 Å². The van der Waals surface area contributed by atoms with Crippen molar-refractivity contribution >= 4 is 87.6 Å². The van der Waals surface area contributed by atoms with Gasteiger partial charge in [0.15, 0.2) is 12.4 Å². The number of carbonyl (C=O) groups excluding carboxylic acids is 4. The topological polar surface area (TPSA) is 105 Å². The average Bonchev–Trinajstić information content (AvgIpc) is 2.85. The zero-order chi connectivity index (χ0) is 28.4. The lowest BCUT2D eigenvalue weighted by Gasteiger charge is -2.26. The minimum atomic E-state index is -0.909. The molecule has 8 nitrogen and oxygen atoms in total. The third-order valence-electron chi connectivity index (χ3n) is 5.65. The van der Waals surface area contributed by atoms with Crippen LogP contribution >= 0.6 is 46.4 Å². The van der Waals surface area contributed by atoms with Gasteiger partial charge in [-0.1, -0.05) is 58.5 Å². The molecule has 3 aromatic carbocycles. The summed E-state index contributed by atoms with van der Waals surface area (Å²) in [6.07, 6.45) is 1.24. The van der Waals surface area contributed by atoms with Crippen molar-refractivity contribution in [2.24, 2.45) is 0 Å². The molecule has 1 aliphatic rings. The molecule has 0 saturated carbocycles. The number of amides is 5. The zero-order valence-electron chi connectivity index (χ0n) is 20.4. The van der Waals surface area contributed by atoms with Crippen LogP contribution in [0.4, 0.5) is 16.2 Å². The summed E-state index contributed by atoms with van der Waals surface area (Å²) >= 11 is 24.9. The number of nitrogens with one attached hydrogen (secondary N) is 2. The Morgan fingerprint density at radius 3 is 2.13 bits per heavy atom. The van der Waals surface area contributed by atoms with Gasteiger partial charge in [-0.2, -0.15) is 0 Å². The predicted molar refractivity (Wildman–Crippen MR) is 152 cm³/mol. The molecule has 0 atom stereocenters. The van der Waals surface area contributed by atoms with Crippen LogP contribution in [0.5, 0.6) is 5.75 Å². The summed E-state index contributed by atoms with van der Waals surface area (Å²) < 4.78 is 5.51. The Balaban J connectivity index is 1.52. The summed E-state index contributed by atoms with van der Waals surface area (Å²) in [6, 6.07) is 11.6. The second-order valence-corrected chi connectivity index (χ2v) is 10.1. The summed E-state index contributed by atoms with van der Waals surface area (Å²) in [7, 11) is 0. The van der Waals surface area contributed by atoms with E-state index in [1.54, 1.807) is 31.2 Å². The van der Waals surface area contributed by atoms with E-state index in [2.05, 4.69) is 10.6 Å². The number of imide groups is 2. The molecule has 1 saturated heterocycles. The first-order valence-electron chi connectivity index (χ1n) is 11.3. The molecule has 1 aliphatic heterocycles. The molecule has 5 amide bonds. The van der Waals surface area contributed by atoms with Gasteiger partial charge in [-0.15, -0.1) is 0 Å². The number of rotatable bonds is 6. The molecule has 4 rings (SSSR count). The first-order valence-corrected chi connectivity index (χ1v) is 12.8. The molecule has 3 aromatic rings. The molecular formula is C27H19Cl4N3O5. The average molecular weight is 607 g/mol. The third-order valence-corrected chi connectivity index (χ3v) is 7.03. The van der Waals surface area contributed by atoms with Crippen LogP contribution in [0.25, 0.3) is 6.08 Å². The van der Waals surface area contributed by atoms with E-state index in [4.69, 9.17) is 51.1 Å². The van der Waals surface area contributed by atoms with E-state index in [9.17, 15) is 19.2 Å². The highest BCUT2D eigenvalue weighted by molar-refractivity contribution is 6.40. The number of hydrogen-bond acceptors (Lipinski definition) is 5. The van der Waals surface area contributed by atoms with E-state index in [1.165, 1.54) is 30.3 Å². The van der Waals surface area contributed by atoms with E-state index in [0.717, 1.165) is 16.0 Å². The van der Waals surface area contributed by atoms with E-state index >= 15 is 0 Å². The third kappa shape index (κ3) is 6.37. The van der Waals surface area contributed by atoms with Crippen molar-refractivity contribution in [3.05, 3.63) is 90.9 Å². The molecule has 2 N–H and O–H groups in total. The van der Waals surface area contributed by atoms with Crippen molar-refractivity contribution < 1.29 is 23.9 Å². The molecule has 0 aromatic heterocycles. The number of hydrogen-bond donors (Lipinski definition) is 2. The first kappa shape index (κ1) is 28.4. The molecule has 0 aliphatic carbocycles. The Hall–Kier alpha value is -3.56. The molecule has 12 heteroatoms. The lowest BCUT2D eigenvalue weighted by atomic mass is 10.1. The molecule has 0 bridgehead atoms. The van der Waals surface area contributed by atoms with Gasteiger partial charge in [0.05, 0.1) is 15.7 Å². The minimum absolute atomic E-state index is 0.0300. The van der Waals surface area contributed by atoms with E-state index in [0.29, 0.717) is 15.7 Å². The van der Waals surface area contributed by atoms with Gasteiger partial charge in [0.2, 0.25) is 0 Å². The SMILES string of the molecule is Cc1ccc(NC(=O)COc2c(Cl)cc(/C=C3\C(=O)NC(=O)N(c4ccc(C)c(Cl)c4)C3=O)cc2Cl)cc1Cl. The summed E-state index contributed by atoms with van der Waals surface area (Å²) in [5, 5.41) is 5.70. The second-order valence-electron chi connectivity index (χ2n) is 8.51. The smallest absolute Gasteiger partial charge is 0.335 e. The van der Waals surface area contributed by atoms with Gasteiger partial charge < -0.3 is 10.1 Å². The van der Waals surface area contributed by atoms with Gasteiger partial charge in [0.1, 0.15) is 5.57 Å². The van der Waals surface area contributed by atoms with Gasteiger partial charge in [0, 0.05) is 15.7 Å². The van der Waals surface area contributed by atoms with Crippen molar-refractivity contribution in [2.45, 2.75) is 13.8 Å². The van der Waals surface area contributed by atoms with Crippen molar-refractivity contribution in [1.82, 2.24) is 5.32 Å². The molecule has 200 valence electrons. The predicted octanol–water partition coefficient (Wildman–Crippen LogP) is 6.60. The highest BCUT2D eigenvalue weighted by Gasteiger charge is 2.37. The maximum absolute atomic E-state index is 13.1. The number of carbonyl (C=O) groups is 4. The molecule has 0 spiro atoms. The fourth-order valence-electron chi connectivity index (χ4n) is 3.59. The van der Waals surface area contributed by atoms with Gasteiger partial charge >= 0.3 is 6.03 Å². The number of ether oxygens (including phenoxy) is 1. The Kier molecular flexibility index (Phi) is 8.51. The number of nitrogens with zero attached hydrogens (tertiary/aromatic N) is 1. The van der Waals surface area contributed by atoms with Crippen LogP contribution in [0.2, 0.25) is 20.1 Å². The van der Waals surface area contributed by atoms with Crippen LogP contribution in [0.15, 0.2) is 54.1 Å². The fourth-order valence-corrected chi connectivity index (χ4v) is 4.55. The number of halogens is 4. The summed E-state index contributed by atoms with van der Waals surface area (Å²) in [4.78, 5) is 51.2. The minimum Gasteiger partial charge on any atom is -0.481 e. The summed E-state index contributed by atoms with van der Waals surface area (Å²) in [5.74, 6) is -2.19. The van der Waals surface area contributed by atoms with E-state index in [-0.39, 0.29) is 32.6 Å². The van der Waals surface area contributed by atoms with Gasteiger partial charge in [-0.05, 0) is 73.0 Å². The monoisotopic (exact) mass is 605 g/mol. The molecule has 1 heterocycles. The number of anilines is 2. The highest BCUT2D eigenvalue weighted by atomic mass is 35.5. The largest absolute Gasteiger partial charge is 0.481 e. The quantitative estimate of drug-likeness (QED) is 0.243. The number of benzene rings is 3. The van der Waals surface area contributed by atoms with Crippen molar-refractivity contribution in [2.75, 3.05) is 16.8 Å². The Bertz CT molecular complexity index is 1550. The summed E-state index contributed by atoms with van der Waals surface area (Å²) in [5.41, 5.74) is 2.26. The molecule has 1 fully saturated rings. The molecule has 39 heavy (non-hydrogen) atoms. The van der Waals surface area contributed by atoms with E-state index in [1.807, 2.05) is 6.92 Å². The lowest BCUT2D eigenvalue weighted by Crippen LogP contribution is -2.54. The van der Waals surface area contributed by atoms with Crippen molar-refractivity contribution in [1.29, 1.82) is 0 Å². The molecular weight excluding hydrogens is 588 g/mol. The van der Waals surface area contributed by atoms with Crippen LogP contribution in [0.3, 0.4) is 0 Å². The van der Waals surface area contributed by atoms with Gasteiger partial charge in [0.25, 0.3) is 17.7 Å². The molecule has 0 radical (unpaired) electrons. The lowest BCUT2D eigenvalue weighted by molar-refractivity contribution is -0.122.